The molecule has 0 heterocycles. The van der Waals surface area contributed by atoms with Crippen molar-refractivity contribution in [3.63, 3.8) is 0 Å². The van der Waals surface area contributed by atoms with Crippen molar-refractivity contribution in [3.8, 4) is 0 Å². The third-order valence-corrected chi connectivity index (χ3v) is 5.04. The molecule has 1 fully saturated rings. The van der Waals surface area contributed by atoms with Gasteiger partial charge >= 0.3 is 5.97 Å². The summed E-state index contributed by atoms with van der Waals surface area (Å²) in [5.41, 5.74) is 1.26. The van der Waals surface area contributed by atoms with Gasteiger partial charge in [0.25, 0.3) is 5.91 Å². The van der Waals surface area contributed by atoms with Crippen LogP contribution in [-0.4, -0.2) is 24.5 Å². The third-order valence-electron chi connectivity index (χ3n) is 5.04. The van der Waals surface area contributed by atoms with Crippen LogP contribution in [0.5, 0.6) is 0 Å². The fraction of sp³-hybridized carbons (Fsp3) is 0.500. The molecular weight excluding hydrogens is 302 g/mol. The molecule has 0 aliphatic heterocycles. The molecule has 3 rings (SSSR count). The minimum absolute atomic E-state index is 0.0525. The predicted octanol–water partition coefficient (Wildman–Crippen LogP) is 2.88. The van der Waals surface area contributed by atoms with Crippen molar-refractivity contribution in [2.75, 3.05) is 6.61 Å². The Labute approximate surface area is 143 Å². The fourth-order valence-electron chi connectivity index (χ4n) is 3.71. The second-order valence-electron chi connectivity index (χ2n) is 6.99. The standard InChI is InChI=1S/C20H25NO3/c1-14(7-8-15-5-3-2-4-6-15)21-19(22)13-24-20(23)18-12-16-9-10-17(18)11-16/h2-6,9-10,14,16-18H,7-8,11-13H2,1H3,(H,21,22)/t14-,16+,17+,18+/m1/s1. The summed E-state index contributed by atoms with van der Waals surface area (Å²) < 4.78 is 5.22. The van der Waals surface area contributed by atoms with Gasteiger partial charge in [0.2, 0.25) is 0 Å². The number of esters is 1. The summed E-state index contributed by atoms with van der Waals surface area (Å²) in [6.45, 7) is 1.80. The zero-order valence-corrected chi connectivity index (χ0v) is 14.1. The Hall–Kier alpha value is -2.10. The van der Waals surface area contributed by atoms with E-state index in [1.54, 1.807) is 0 Å². The minimum Gasteiger partial charge on any atom is -0.455 e. The van der Waals surface area contributed by atoms with Crippen LogP contribution in [0.2, 0.25) is 0 Å². The molecule has 1 N–H and O–H groups in total. The van der Waals surface area contributed by atoms with Crippen LogP contribution in [0.1, 0.15) is 31.7 Å². The van der Waals surface area contributed by atoms with Crippen LogP contribution in [0, 0.1) is 17.8 Å². The Balaban J connectivity index is 1.34. The van der Waals surface area contributed by atoms with E-state index in [1.165, 1.54) is 5.56 Å². The first-order valence-corrected chi connectivity index (χ1v) is 8.80. The normalized spacial score (nSPS) is 25.5. The van der Waals surface area contributed by atoms with Crippen molar-refractivity contribution in [3.05, 3.63) is 48.0 Å². The molecule has 0 aromatic heterocycles. The van der Waals surface area contributed by atoms with E-state index in [4.69, 9.17) is 4.74 Å². The number of allylic oxidation sites excluding steroid dienone is 2. The van der Waals surface area contributed by atoms with Crippen LogP contribution in [-0.2, 0) is 20.7 Å². The molecule has 0 saturated heterocycles. The molecular formula is C20H25NO3. The third kappa shape index (κ3) is 4.25. The lowest BCUT2D eigenvalue weighted by Crippen LogP contribution is -2.37. The van der Waals surface area contributed by atoms with Crippen molar-refractivity contribution >= 4 is 11.9 Å². The molecule has 1 aromatic rings. The second-order valence-corrected chi connectivity index (χ2v) is 6.99. The highest BCUT2D eigenvalue weighted by Crippen LogP contribution is 2.43. The number of carbonyl (C=O) groups is 2. The molecule has 2 aliphatic carbocycles. The smallest absolute Gasteiger partial charge is 0.310 e. The number of amides is 1. The Kier molecular flexibility index (Phi) is 5.34. The summed E-state index contributed by atoms with van der Waals surface area (Å²) >= 11 is 0. The van der Waals surface area contributed by atoms with Gasteiger partial charge in [-0.25, -0.2) is 0 Å². The van der Waals surface area contributed by atoms with E-state index < -0.39 is 0 Å². The Morgan fingerprint density at radius 1 is 1.21 bits per heavy atom. The molecule has 4 nitrogen and oxygen atoms in total. The van der Waals surface area contributed by atoms with Gasteiger partial charge in [-0.05, 0) is 50.0 Å². The number of carbonyl (C=O) groups excluding carboxylic acids is 2. The molecule has 2 aliphatic rings. The number of benzene rings is 1. The highest BCUT2D eigenvalue weighted by atomic mass is 16.5. The number of aryl methyl sites for hydroxylation is 1. The molecule has 1 aromatic carbocycles. The lowest BCUT2D eigenvalue weighted by atomic mass is 9.94. The van der Waals surface area contributed by atoms with E-state index in [2.05, 4.69) is 29.6 Å². The average molecular weight is 327 g/mol. The second kappa shape index (κ2) is 7.65. The van der Waals surface area contributed by atoms with Crippen LogP contribution < -0.4 is 5.32 Å². The lowest BCUT2D eigenvalue weighted by Gasteiger charge is -2.17. The zero-order chi connectivity index (χ0) is 16.9. The fourth-order valence-corrected chi connectivity index (χ4v) is 3.71. The minimum atomic E-state index is -0.223. The van der Waals surface area contributed by atoms with Crippen molar-refractivity contribution < 1.29 is 14.3 Å². The van der Waals surface area contributed by atoms with Gasteiger partial charge in [-0.2, -0.15) is 0 Å². The number of ether oxygens (including phenoxy) is 1. The van der Waals surface area contributed by atoms with E-state index in [0.29, 0.717) is 11.8 Å². The van der Waals surface area contributed by atoms with Gasteiger partial charge in [-0.15, -0.1) is 0 Å². The van der Waals surface area contributed by atoms with Crippen LogP contribution >= 0.6 is 0 Å². The summed E-state index contributed by atoms with van der Waals surface area (Å²) in [5.74, 6) is 0.347. The summed E-state index contributed by atoms with van der Waals surface area (Å²) in [6.07, 6.45) is 8.01. The van der Waals surface area contributed by atoms with Gasteiger partial charge in [0.05, 0.1) is 5.92 Å². The Morgan fingerprint density at radius 2 is 2.00 bits per heavy atom. The van der Waals surface area contributed by atoms with E-state index in [0.717, 1.165) is 25.7 Å². The molecule has 24 heavy (non-hydrogen) atoms. The molecule has 0 unspecified atom stereocenters. The van der Waals surface area contributed by atoms with Crippen LogP contribution in [0.15, 0.2) is 42.5 Å². The summed E-state index contributed by atoms with van der Waals surface area (Å²) in [5, 5.41) is 2.90. The zero-order valence-electron chi connectivity index (χ0n) is 14.1. The van der Waals surface area contributed by atoms with E-state index in [1.807, 2.05) is 25.1 Å². The van der Waals surface area contributed by atoms with Crippen molar-refractivity contribution in [2.24, 2.45) is 17.8 Å². The molecule has 4 atom stereocenters. The van der Waals surface area contributed by atoms with Gasteiger partial charge < -0.3 is 10.1 Å². The maximum absolute atomic E-state index is 12.1. The van der Waals surface area contributed by atoms with Gasteiger partial charge in [0.15, 0.2) is 6.61 Å². The summed E-state index contributed by atoms with van der Waals surface area (Å²) in [7, 11) is 0. The Bertz CT molecular complexity index is 611. The first-order valence-electron chi connectivity index (χ1n) is 8.80. The van der Waals surface area contributed by atoms with Gasteiger partial charge in [0, 0.05) is 6.04 Å². The van der Waals surface area contributed by atoms with E-state index in [9.17, 15) is 9.59 Å². The van der Waals surface area contributed by atoms with Crippen molar-refractivity contribution in [1.29, 1.82) is 0 Å². The van der Waals surface area contributed by atoms with Crippen LogP contribution in [0.3, 0.4) is 0 Å². The lowest BCUT2D eigenvalue weighted by molar-refractivity contribution is -0.153. The maximum atomic E-state index is 12.1. The SMILES string of the molecule is C[C@H](CCc1ccccc1)NC(=O)COC(=O)[C@H]1C[C@H]2C=C[C@H]1C2. The molecule has 1 saturated carbocycles. The van der Waals surface area contributed by atoms with Crippen LogP contribution in [0.4, 0.5) is 0 Å². The monoisotopic (exact) mass is 327 g/mol. The molecule has 0 radical (unpaired) electrons. The average Bonchev–Trinajstić information content (AvgIpc) is 3.22. The van der Waals surface area contributed by atoms with Gasteiger partial charge in [0.1, 0.15) is 0 Å². The number of fused-ring (bicyclic) bond motifs is 2. The summed E-state index contributed by atoms with van der Waals surface area (Å²) in [4.78, 5) is 24.0. The van der Waals surface area contributed by atoms with Crippen molar-refractivity contribution in [1.82, 2.24) is 5.32 Å². The topological polar surface area (TPSA) is 55.4 Å². The number of nitrogens with one attached hydrogen (secondary N) is 1. The number of hydrogen-bond donors (Lipinski definition) is 1. The molecule has 4 heteroatoms. The van der Waals surface area contributed by atoms with Gasteiger partial charge in [-0.1, -0.05) is 42.5 Å². The largest absolute Gasteiger partial charge is 0.455 e. The first kappa shape index (κ1) is 16.7. The maximum Gasteiger partial charge on any atom is 0.310 e. The molecule has 128 valence electrons. The predicted molar refractivity (Wildman–Crippen MR) is 92.2 cm³/mol. The van der Waals surface area contributed by atoms with E-state index in [-0.39, 0.29) is 30.4 Å². The number of hydrogen-bond acceptors (Lipinski definition) is 3. The first-order chi connectivity index (χ1) is 11.6. The van der Waals surface area contributed by atoms with Crippen LogP contribution in [0.25, 0.3) is 0 Å². The molecule has 0 spiro atoms. The number of rotatable bonds is 7. The van der Waals surface area contributed by atoms with Gasteiger partial charge in [-0.3, -0.25) is 9.59 Å². The van der Waals surface area contributed by atoms with E-state index >= 15 is 0 Å². The molecule has 2 bridgehead atoms. The quantitative estimate of drug-likeness (QED) is 0.619. The molecule has 1 amide bonds. The highest BCUT2D eigenvalue weighted by Gasteiger charge is 2.40. The summed E-state index contributed by atoms with van der Waals surface area (Å²) in [6, 6.07) is 10.3. The van der Waals surface area contributed by atoms with Crippen molar-refractivity contribution in [2.45, 2.75) is 38.6 Å². The highest BCUT2D eigenvalue weighted by molar-refractivity contribution is 5.81. The Morgan fingerprint density at radius 3 is 2.67 bits per heavy atom.